The van der Waals surface area contributed by atoms with Gasteiger partial charge in [0.2, 0.25) is 11.8 Å². The van der Waals surface area contributed by atoms with Gasteiger partial charge >= 0.3 is 0 Å². The molecule has 6 heteroatoms. The normalized spacial score (nSPS) is 19.8. The second-order valence-electron chi connectivity index (χ2n) is 6.66. The summed E-state index contributed by atoms with van der Waals surface area (Å²) in [5, 5.41) is 0. The molecule has 1 atom stereocenters. The van der Waals surface area contributed by atoms with E-state index in [1.165, 1.54) is 0 Å². The third kappa shape index (κ3) is 3.24. The van der Waals surface area contributed by atoms with E-state index in [9.17, 15) is 9.59 Å². The smallest absolute Gasteiger partial charge is 0.228 e. The Morgan fingerprint density at radius 3 is 2.96 bits per heavy atom. The fourth-order valence-corrected chi connectivity index (χ4v) is 3.61. The molecular weight excluding hydrogens is 316 g/mol. The van der Waals surface area contributed by atoms with Crippen molar-refractivity contribution < 1.29 is 9.59 Å². The largest absolute Gasteiger partial charge is 0.338 e. The van der Waals surface area contributed by atoms with Gasteiger partial charge in [-0.1, -0.05) is 12.1 Å². The van der Waals surface area contributed by atoms with Crippen LogP contribution in [0.3, 0.4) is 0 Å². The SMILES string of the molecule is O=C1C[C@H](C(=O)N2CCc3ncccc3C2)CN1Cc1cccnc1. The molecule has 1 saturated heterocycles. The summed E-state index contributed by atoms with van der Waals surface area (Å²) in [5.74, 6) is -0.125. The molecule has 2 aromatic heterocycles. The van der Waals surface area contributed by atoms with Crippen LogP contribution in [0.15, 0.2) is 42.9 Å². The minimum atomic E-state index is -0.248. The standard InChI is InChI=1S/C19H20N4O2/c24-18-9-16(13-23(18)11-14-3-1-6-20-10-14)19(25)22-8-5-17-15(12-22)4-2-7-21-17/h1-4,6-7,10,16H,5,8-9,11-13H2/t16-/m0/s1. The number of carbonyl (C=O) groups is 2. The van der Waals surface area contributed by atoms with Gasteiger partial charge in [0.25, 0.3) is 0 Å². The van der Waals surface area contributed by atoms with Gasteiger partial charge in [0, 0.05) is 63.3 Å². The average molecular weight is 336 g/mol. The van der Waals surface area contributed by atoms with Crippen molar-refractivity contribution in [3.8, 4) is 0 Å². The number of rotatable bonds is 3. The number of pyridine rings is 2. The number of hydrogen-bond acceptors (Lipinski definition) is 4. The van der Waals surface area contributed by atoms with Crippen molar-refractivity contribution in [3.05, 3.63) is 59.7 Å². The van der Waals surface area contributed by atoms with E-state index < -0.39 is 0 Å². The molecule has 2 aliphatic rings. The van der Waals surface area contributed by atoms with Crippen molar-refractivity contribution in [2.24, 2.45) is 5.92 Å². The molecule has 0 aromatic carbocycles. The molecule has 0 N–H and O–H groups in total. The number of aromatic nitrogens is 2. The van der Waals surface area contributed by atoms with Crippen LogP contribution in [0.4, 0.5) is 0 Å². The molecule has 1 fully saturated rings. The minimum Gasteiger partial charge on any atom is -0.338 e. The first-order valence-electron chi connectivity index (χ1n) is 8.59. The number of nitrogens with zero attached hydrogens (tertiary/aromatic N) is 4. The van der Waals surface area contributed by atoms with E-state index in [0.29, 0.717) is 32.6 Å². The van der Waals surface area contributed by atoms with E-state index in [1.54, 1.807) is 23.5 Å². The predicted octanol–water partition coefficient (Wildman–Crippen LogP) is 1.41. The van der Waals surface area contributed by atoms with Crippen LogP contribution in [0.5, 0.6) is 0 Å². The summed E-state index contributed by atoms with van der Waals surface area (Å²) < 4.78 is 0. The van der Waals surface area contributed by atoms with Crippen molar-refractivity contribution in [1.82, 2.24) is 19.8 Å². The Kier molecular flexibility index (Phi) is 4.17. The fourth-order valence-electron chi connectivity index (χ4n) is 3.61. The van der Waals surface area contributed by atoms with Crippen molar-refractivity contribution >= 4 is 11.8 Å². The molecule has 0 unspecified atom stereocenters. The van der Waals surface area contributed by atoms with Gasteiger partial charge in [0.05, 0.1) is 5.92 Å². The maximum absolute atomic E-state index is 12.9. The Morgan fingerprint density at radius 1 is 1.24 bits per heavy atom. The Morgan fingerprint density at radius 2 is 2.12 bits per heavy atom. The Balaban J connectivity index is 1.41. The highest BCUT2D eigenvalue weighted by Gasteiger charge is 2.37. The maximum Gasteiger partial charge on any atom is 0.228 e. The zero-order valence-electron chi connectivity index (χ0n) is 14.0. The second kappa shape index (κ2) is 6.63. The Labute approximate surface area is 146 Å². The molecule has 0 bridgehead atoms. The molecular formula is C19H20N4O2. The van der Waals surface area contributed by atoms with Crippen molar-refractivity contribution in [3.63, 3.8) is 0 Å². The van der Waals surface area contributed by atoms with Crippen LogP contribution >= 0.6 is 0 Å². The second-order valence-corrected chi connectivity index (χ2v) is 6.66. The molecule has 0 spiro atoms. The van der Waals surface area contributed by atoms with E-state index >= 15 is 0 Å². The highest BCUT2D eigenvalue weighted by atomic mass is 16.2. The van der Waals surface area contributed by atoms with E-state index in [2.05, 4.69) is 9.97 Å². The number of likely N-dealkylation sites (tertiary alicyclic amines) is 1. The molecule has 128 valence electrons. The Bertz CT molecular complexity index is 793. The summed E-state index contributed by atoms with van der Waals surface area (Å²) in [6.45, 7) is 2.28. The zero-order valence-corrected chi connectivity index (χ0v) is 14.0. The van der Waals surface area contributed by atoms with Gasteiger partial charge in [0.15, 0.2) is 0 Å². The first-order valence-corrected chi connectivity index (χ1v) is 8.59. The summed E-state index contributed by atoms with van der Waals surface area (Å²) in [6, 6.07) is 7.74. The first-order chi connectivity index (χ1) is 12.2. The molecule has 0 radical (unpaired) electrons. The topological polar surface area (TPSA) is 66.4 Å². The number of carbonyl (C=O) groups excluding carboxylic acids is 2. The lowest BCUT2D eigenvalue weighted by molar-refractivity contribution is -0.136. The first kappa shape index (κ1) is 15.7. The van der Waals surface area contributed by atoms with Gasteiger partial charge in [-0.05, 0) is 23.3 Å². The van der Waals surface area contributed by atoms with Gasteiger partial charge in [-0.15, -0.1) is 0 Å². The molecule has 0 aliphatic carbocycles. The lowest BCUT2D eigenvalue weighted by atomic mass is 10.0. The van der Waals surface area contributed by atoms with Gasteiger partial charge in [-0.3, -0.25) is 19.6 Å². The number of fused-ring (bicyclic) bond motifs is 1. The monoisotopic (exact) mass is 336 g/mol. The number of amides is 2. The molecule has 2 aliphatic heterocycles. The van der Waals surface area contributed by atoms with Gasteiger partial charge in [0.1, 0.15) is 0 Å². The van der Waals surface area contributed by atoms with Crippen LogP contribution < -0.4 is 0 Å². The lowest BCUT2D eigenvalue weighted by Gasteiger charge is -2.30. The highest BCUT2D eigenvalue weighted by molar-refractivity contribution is 5.89. The van der Waals surface area contributed by atoms with Crippen molar-refractivity contribution in [2.45, 2.75) is 25.9 Å². The average Bonchev–Trinajstić information content (AvgIpc) is 3.02. The minimum absolute atomic E-state index is 0.0429. The van der Waals surface area contributed by atoms with Crippen LogP contribution in [0, 0.1) is 5.92 Å². The zero-order chi connectivity index (χ0) is 17.2. The summed E-state index contributed by atoms with van der Waals surface area (Å²) in [6.07, 6.45) is 6.35. The molecule has 4 rings (SSSR count). The molecule has 2 amide bonds. The molecule has 4 heterocycles. The van der Waals surface area contributed by atoms with E-state index in [1.807, 2.05) is 29.2 Å². The highest BCUT2D eigenvalue weighted by Crippen LogP contribution is 2.25. The van der Waals surface area contributed by atoms with E-state index in [0.717, 1.165) is 23.2 Å². The summed E-state index contributed by atoms with van der Waals surface area (Å²) in [7, 11) is 0. The number of hydrogen-bond donors (Lipinski definition) is 0. The van der Waals surface area contributed by atoms with Gasteiger partial charge < -0.3 is 9.80 Å². The van der Waals surface area contributed by atoms with Crippen LogP contribution in [0.1, 0.15) is 23.2 Å². The van der Waals surface area contributed by atoms with Gasteiger partial charge in [-0.25, -0.2) is 0 Å². The van der Waals surface area contributed by atoms with E-state index in [4.69, 9.17) is 0 Å². The third-order valence-corrected chi connectivity index (χ3v) is 4.94. The van der Waals surface area contributed by atoms with E-state index in [-0.39, 0.29) is 17.7 Å². The summed E-state index contributed by atoms with van der Waals surface area (Å²) in [5.41, 5.74) is 3.17. The van der Waals surface area contributed by atoms with Gasteiger partial charge in [-0.2, -0.15) is 0 Å². The van der Waals surface area contributed by atoms with Crippen molar-refractivity contribution in [1.29, 1.82) is 0 Å². The molecule has 0 saturated carbocycles. The van der Waals surface area contributed by atoms with Crippen LogP contribution in [-0.2, 0) is 29.1 Å². The fraction of sp³-hybridized carbons (Fsp3) is 0.368. The quantitative estimate of drug-likeness (QED) is 0.850. The summed E-state index contributed by atoms with van der Waals surface area (Å²) in [4.78, 5) is 37.3. The maximum atomic E-state index is 12.9. The predicted molar refractivity (Wildman–Crippen MR) is 91.1 cm³/mol. The van der Waals surface area contributed by atoms with Crippen LogP contribution in [-0.4, -0.2) is 44.7 Å². The van der Waals surface area contributed by atoms with Crippen molar-refractivity contribution in [2.75, 3.05) is 13.1 Å². The lowest BCUT2D eigenvalue weighted by Crippen LogP contribution is -2.40. The van der Waals surface area contributed by atoms with Crippen LogP contribution in [0.25, 0.3) is 0 Å². The molecule has 6 nitrogen and oxygen atoms in total. The Hall–Kier alpha value is -2.76. The van der Waals surface area contributed by atoms with Crippen LogP contribution in [0.2, 0.25) is 0 Å². The summed E-state index contributed by atoms with van der Waals surface area (Å²) >= 11 is 0. The molecule has 2 aromatic rings. The molecule has 25 heavy (non-hydrogen) atoms. The third-order valence-electron chi connectivity index (χ3n) is 4.94.